The summed E-state index contributed by atoms with van der Waals surface area (Å²) in [6.45, 7) is 2.70. The second-order valence-electron chi connectivity index (χ2n) is 6.86. The average molecular weight is 395 g/mol. The van der Waals surface area contributed by atoms with E-state index < -0.39 is 36.9 Å². The van der Waals surface area contributed by atoms with Gasteiger partial charge in [0, 0.05) is 44.5 Å². The molecule has 1 atom stereocenters. The van der Waals surface area contributed by atoms with Gasteiger partial charge < -0.3 is 15.1 Å². The van der Waals surface area contributed by atoms with E-state index in [4.69, 9.17) is 0 Å². The second kappa shape index (κ2) is 6.88. The van der Waals surface area contributed by atoms with E-state index >= 15 is 0 Å². The Balaban J connectivity index is 2.03. The Hall–Kier alpha value is -1.97. The number of hydrogen-bond acceptors (Lipinski definition) is 3. The summed E-state index contributed by atoms with van der Waals surface area (Å²) in [6, 6.07) is 2.39. The van der Waals surface area contributed by atoms with Gasteiger partial charge in [-0.3, -0.25) is 4.79 Å². The Morgan fingerprint density at radius 2 is 1.81 bits per heavy atom. The number of halogens is 6. The summed E-state index contributed by atoms with van der Waals surface area (Å²) in [7, 11) is 0. The predicted molar refractivity (Wildman–Crippen MR) is 86.3 cm³/mol. The van der Waals surface area contributed by atoms with Gasteiger partial charge in [0.2, 0.25) is 0 Å². The maximum absolute atomic E-state index is 13.4. The maximum atomic E-state index is 13.4. The molecule has 0 radical (unpaired) electrons. The molecule has 10 heteroatoms. The van der Waals surface area contributed by atoms with E-state index in [0.717, 1.165) is 6.07 Å². The van der Waals surface area contributed by atoms with Crippen molar-refractivity contribution in [3.05, 3.63) is 28.8 Å². The van der Waals surface area contributed by atoms with Crippen LogP contribution in [-0.4, -0.2) is 49.2 Å². The summed E-state index contributed by atoms with van der Waals surface area (Å²) in [4.78, 5) is 14.0. The van der Waals surface area contributed by atoms with Crippen molar-refractivity contribution >= 4 is 11.6 Å². The van der Waals surface area contributed by atoms with Crippen molar-refractivity contribution in [1.29, 1.82) is 0 Å². The topological polar surface area (TPSA) is 35.6 Å². The average Bonchev–Trinajstić information content (AvgIpc) is 2.58. The van der Waals surface area contributed by atoms with Crippen molar-refractivity contribution in [3.8, 4) is 0 Å². The lowest BCUT2D eigenvalue weighted by Gasteiger charge is -2.38. The van der Waals surface area contributed by atoms with Gasteiger partial charge in [0.05, 0.1) is 5.56 Å². The number of carbonyl (C=O) groups is 1. The van der Waals surface area contributed by atoms with Crippen LogP contribution in [0.25, 0.3) is 0 Å². The molecule has 0 saturated carbocycles. The van der Waals surface area contributed by atoms with Crippen LogP contribution in [-0.2, 0) is 23.9 Å². The van der Waals surface area contributed by atoms with Crippen LogP contribution >= 0.6 is 0 Å². The van der Waals surface area contributed by atoms with E-state index in [9.17, 15) is 31.1 Å². The number of piperazine rings is 1. The molecule has 0 aliphatic carbocycles. The summed E-state index contributed by atoms with van der Waals surface area (Å²) in [5.74, 6) is -2.02. The Morgan fingerprint density at radius 3 is 2.41 bits per heavy atom. The molecule has 0 aromatic heterocycles. The molecule has 0 bridgehead atoms. The molecular formula is C17H19F6N3O. The highest BCUT2D eigenvalue weighted by molar-refractivity contribution is 5.82. The van der Waals surface area contributed by atoms with Crippen LogP contribution in [0.2, 0.25) is 0 Å². The minimum Gasteiger partial charge on any atom is -0.368 e. The number of nitrogens with zero attached hydrogens (tertiary/aromatic N) is 2. The monoisotopic (exact) mass is 395 g/mol. The Kier molecular flexibility index (Phi) is 5.04. The molecule has 4 nitrogen and oxygen atoms in total. The number of anilines is 1. The van der Waals surface area contributed by atoms with Crippen molar-refractivity contribution in [3.63, 3.8) is 0 Å². The maximum Gasteiger partial charge on any atom is 0.471 e. The molecule has 1 fully saturated rings. The molecule has 1 unspecified atom stereocenters. The van der Waals surface area contributed by atoms with Crippen LogP contribution in [0.15, 0.2) is 12.1 Å². The zero-order chi connectivity index (χ0) is 20.0. The first-order valence-electron chi connectivity index (χ1n) is 8.55. The molecule has 150 valence electrons. The molecule has 27 heavy (non-hydrogen) atoms. The smallest absolute Gasteiger partial charge is 0.368 e. The molecule has 1 saturated heterocycles. The van der Waals surface area contributed by atoms with Crippen molar-refractivity contribution in [1.82, 2.24) is 10.2 Å². The van der Waals surface area contributed by atoms with E-state index in [2.05, 4.69) is 5.32 Å². The zero-order valence-electron chi connectivity index (χ0n) is 14.5. The van der Waals surface area contributed by atoms with E-state index in [1.807, 2.05) is 11.8 Å². The third kappa shape index (κ3) is 3.99. The molecule has 1 aromatic rings. The van der Waals surface area contributed by atoms with E-state index in [1.165, 1.54) is 6.07 Å². The summed E-state index contributed by atoms with van der Waals surface area (Å²) in [5.41, 5.74) is -0.241. The summed E-state index contributed by atoms with van der Waals surface area (Å²) in [6.07, 6.45) is -9.92. The molecule has 1 N–H and O–H groups in total. The van der Waals surface area contributed by atoms with Gasteiger partial charge in [-0.1, -0.05) is 0 Å². The number of nitrogens with one attached hydrogen (secondary N) is 1. The number of fused-ring (bicyclic) bond motifs is 1. The number of carbonyl (C=O) groups excluding carboxylic acids is 1. The summed E-state index contributed by atoms with van der Waals surface area (Å²) >= 11 is 0. The number of amides is 1. The number of alkyl halides is 6. The molecule has 2 heterocycles. The lowest BCUT2D eigenvalue weighted by atomic mass is 9.91. The predicted octanol–water partition coefficient (Wildman–Crippen LogP) is 2.95. The van der Waals surface area contributed by atoms with Gasteiger partial charge in [0.15, 0.2) is 0 Å². The fourth-order valence-corrected chi connectivity index (χ4v) is 3.72. The van der Waals surface area contributed by atoms with Gasteiger partial charge >= 0.3 is 18.3 Å². The first kappa shape index (κ1) is 19.8. The quantitative estimate of drug-likeness (QED) is 0.743. The van der Waals surface area contributed by atoms with E-state index in [-0.39, 0.29) is 23.6 Å². The SMILES string of the molecule is CC1CN(c2ccc(C(F)(F)F)c3c2CN(C(=O)C(F)(F)F)CC3)CCN1. The third-order valence-corrected chi connectivity index (χ3v) is 4.93. The van der Waals surface area contributed by atoms with Crippen molar-refractivity contribution in [2.24, 2.45) is 0 Å². The fraction of sp³-hybridized carbons (Fsp3) is 0.588. The van der Waals surface area contributed by atoms with Crippen molar-refractivity contribution in [2.45, 2.75) is 38.3 Å². The van der Waals surface area contributed by atoms with Crippen LogP contribution < -0.4 is 10.2 Å². The van der Waals surface area contributed by atoms with Gasteiger partial charge in [-0.05, 0) is 36.6 Å². The number of benzene rings is 1. The molecular weight excluding hydrogens is 376 g/mol. The van der Waals surface area contributed by atoms with Crippen molar-refractivity contribution < 1.29 is 31.1 Å². The summed E-state index contributed by atoms with van der Waals surface area (Å²) in [5, 5.41) is 3.21. The van der Waals surface area contributed by atoms with Gasteiger partial charge in [0.1, 0.15) is 0 Å². The standard InChI is InChI=1S/C17H19F6N3O/c1-10-8-25(7-5-24-10)14-3-2-13(16(18,19)20)11-4-6-26(9-12(11)14)15(27)17(21,22)23/h2-3,10,24H,4-9H2,1H3. The first-order chi connectivity index (χ1) is 12.5. The van der Waals surface area contributed by atoms with Crippen LogP contribution in [0.5, 0.6) is 0 Å². The van der Waals surface area contributed by atoms with Crippen LogP contribution in [0.3, 0.4) is 0 Å². The minimum atomic E-state index is -5.05. The molecule has 2 aliphatic rings. The van der Waals surface area contributed by atoms with Gasteiger partial charge in [-0.15, -0.1) is 0 Å². The Bertz CT molecular complexity index is 731. The first-order valence-corrected chi connectivity index (χ1v) is 8.55. The Labute approximate surface area is 152 Å². The van der Waals surface area contributed by atoms with Crippen molar-refractivity contribution in [2.75, 3.05) is 31.1 Å². The highest BCUT2D eigenvalue weighted by Gasteiger charge is 2.45. The van der Waals surface area contributed by atoms with Gasteiger partial charge in [0.25, 0.3) is 0 Å². The van der Waals surface area contributed by atoms with Crippen LogP contribution in [0.1, 0.15) is 23.6 Å². The largest absolute Gasteiger partial charge is 0.471 e. The number of hydrogen-bond donors (Lipinski definition) is 1. The number of rotatable bonds is 1. The molecule has 1 amide bonds. The minimum absolute atomic E-state index is 0.0163. The molecule has 2 aliphatic heterocycles. The lowest BCUT2D eigenvalue weighted by Crippen LogP contribution is -2.50. The molecule has 3 rings (SSSR count). The fourth-order valence-electron chi connectivity index (χ4n) is 3.72. The van der Waals surface area contributed by atoms with Gasteiger partial charge in [-0.2, -0.15) is 26.3 Å². The van der Waals surface area contributed by atoms with Crippen LogP contribution in [0, 0.1) is 0 Å². The normalized spacial score (nSPS) is 21.2. The second-order valence-corrected chi connectivity index (χ2v) is 6.86. The van der Waals surface area contributed by atoms with E-state index in [0.29, 0.717) is 30.2 Å². The highest BCUT2D eigenvalue weighted by Crippen LogP contribution is 2.40. The molecule has 1 aromatic carbocycles. The van der Waals surface area contributed by atoms with E-state index in [1.54, 1.807) is 0 Å². The Morgan fingerprint density at radius 1 is 1.11 bits per heavy atom. The summed E-state index contributed by atoms with van der Waals surface area (Å²) < 4.78 is 78.5. The molecule has 0 spiro atoms. The highest BCUT2D eigenvalue weighted by atomic mass is 19.4. The van der Waals surface area contributed by atoms with Gasteiger partial charge in [-0.25, -0.2) is 0 Å². The zero-order valence-corrected chi connectivity index (χ0v) is 14.5. The lowest BCUT2D eigenvalue weighted by molar-refractivity contribution is -0.186. The van der Waals surface area contributed by atoms with Crippen LogP contribution in [0.4, 0.5) is 32.0 Å². The third-order valence-electron chi connectivity index (χ3n) is 4.93.